The van der Waals surface area contributed by atoms with E-state index >= 15 is 0 Å². The molecular formula is C10H20O3. The Morgan fingerprint density at radius 2 is 2.00 bits per heavy atom. The molecule has 0 radical (unpaired) electrons. The first-order valence-electron chi connectivity index (χ1n) is 4.64. The summed E-state index contributed by atoms with van der Waals surface area (Å²) >= 11 is 0. The topological polar surface area (TPSA) is 35.5 Å². The lowest BCUT2D eigenvalue weighted by atomic mass is 9.95. The minimum atomic E-state index is -0.543. The van der Waals surface area contributed by atoms with Gasteiger partial charge in [0.15, 0.2) is 0 Å². The van der Waals surface area contributed by atoms with Crippen LogP contribution in [-0.4, -0.2) is 25.8 Å². The fraction of sp³-hybridized carbons (Fsp3) is 0.900. The predicted octanol–water partition coefficient (Wildman–Crippen LogP) is 2.00. The molecule has 0 fully saturated rings. The van der Waals surface area contributed by atoms with Crippen LogP contribution in [0, 0.1) is 5.41 Å². The fourth-order valence-corrected chi connectivity index (χ4v) is 0.804. The van der Waals surface area contributed by atoms with Crippen LogP contribution in [-0.2, 0) is 14.3 Å². The summed E-state index contributed by atoms with van der Waals surface area (Å²) in [6.07, 6.45) is 1.15. The molecule has 0 bridgehead atoms. The summed E-state index contributed by atoms with van der Waals surface area (Å²) < 4.78 is 10.1. The Morgan fingerprint density at radius 3 is 2.38 bits per heavy atom. The highest BCUT2D eigenvalue weighted by molar-refractivity contribution is 5.75. The van der Waals surface area contributed by atoms with Crippen molar-refractivity contribution in [1.29, 1.82) is 0 Å². The van der Waals surface area contributed by atoms with E-state index in [4.69, 9.17) is 4.74 Å². The van der Waals surface area contributed by atoms with Crippen molar-refractivity contribution in [2.24, 2.45) is 5.41 Å². The van der Waals surface area contributed by atoms with E-state index in [1.807, 2.05) is 20.8 Å². The van der Waals surface area contributed by atoms with Crippen molar-refractivity contribution in [2.75, 3.05) is 13.7 Å². The number of esters is 1. The van der Waals surface area contributed by atoms with Crippen LogP contribution in [0.2, 0.25) is 0 Å². The van der Waals surface area contributed by atoms with Crippen LogP contribution < -0.4 is 0 Å². The van der Waals surface area contributed by atoms with Crippen LogP contribution in [0.5, 0.6) is 0 Å². The van der Waals surface area contributed by atoms with Gasteiger partial charge in [0.1, 0.15) is 0 Å². The van der Waals surface area contributed by atoms with Crippen LogP contribution >= 0.6 is 0 Å². The van der Waals surface area contributed by atoms with E-state index in [2.05, 4.69) is 11.7 Å². The molecule has 0 amide bonds. The maximum absolute atomic E-state index is 11.2. The van der Waals surface area contributed by atoms with Gasteiger partial charge in [-0.1, -0.05) is 6.92 Å². The predicted molar refractivity (Wildman–Crippen MR) is 51.5 cm³/mol. The number of rotatable bonds is 5. The normalized spacial score (nSPS) is 13.9. The molecule has 1 atom stereocenters. The third-order valence-corrected chi connectivity index (χ3v) is 2.04. The molecule has 78 valence electrons. The van der Waals surface area contributed by atoms with E-state index in [0.29, 0.717) is 6.61 Å². The number of ether oxygens (including phenoxy) is 2. The number of carbonyl (C=O) groups is 1. The molecule has 0 rings (SSSR count). The molecule has 0 aliphatic heterocycles. The van der Waals surface area contributed by atoms with Crippen molar-refractivity contribution in [2.45, 2.75) is 40.2 Å². The highest BCUT2D eigenvalue weighted by Crippen LogP contribution is 2.18. The Morgan fingerprint density at radius 1 is 1.46 bits per heavy atom. The molecule has 3 heteroatoms. The van der Waals surface area contributed by atoms with Gasteiger partial charge in [0, 0.05) is 0 Å². The zero-order valence-corrected chi connectivity index (χ0v) is 9.22. The summed E-state index contributed by atoms with van der Waals surface area (Å²) in [6, 6.07) is 0. The van der Waals surface area contributed by atoms with Crippen molar-refractivity contribution in [1.82, 2.24) is 0 Å². The molecular weight excluding hydrogens is 168 g/mol. The third kappa shape index (κ3) is 4.27. The van der Waals surface area contributed by atoms with Gasteiger partial charge >= 0.3 is 5.97 Å². The second-order valence-electron chi connectivity index (χ2n) is 3.91. The first-order valence-corrected chi connectivity index (χ1v) is 4.64. The minimum Gasteiger partial charge on any atom is -0.469 e. The monoisotopic (exact) mass is 188 g/mol. The molecule has 0 saturated heterocycles. The Kier molecular flexibility index (Phi) is 4.99. The van der Waals surface area contributed by atoms with Crippen LogP contribution in [0.4, 0.5) is 0 Å². The second kappa shape index (κ2) is 5.22. The molecule has 0 aromatic rings. The number of hydrogen-bond acceptors (Lipinski definition) is 3. The van der Waals surface area contributed by atoms with Crippen molar-refractivity contribution < 1.29 is 14.3 Å². The van der Waals surface area contributed by atoms with Crippen LogP contribution in [0.3, 0.4) is 0 Å². The summed E-state index contributed by atoms with van der Waals surface area (Å²) in [6.45, 7) is 8.10. The van der Waals surface area contributed by atoms with Crippen molar-refractivity contribution in [3.63, 3.8) is 0 Å². The Bertz CT molecular complexity index is 164. The minimum absolute atomic E-state index is 0.198. The van der Waals surface area contributed by atoms with Crippen molar-refractivity contribution in [3.8, 4) is 0 Å². The maximum Gasteiger partial charge on any atom is 0.313 e. The number of methoxy groups -OCH3 is 1. The van der Waals surface area contributed by atoms with Crippen LogP contribution in [0.1, 0.15) is 34.1 Å². The molecule has 0 aliphatic carbocycles. The van der Waals surface area contributed by atoms with Crippen LogP contribution in [0.25, 0.3) is 0 Å². The van der Waals surface area contributed by atoms with Crippen LogP contribution in [0.15, 0.2) is 0 Å². The van der Waals surface area contributed by atoms with Crippen molar-refractivity contribution >= 4 is 5.97 Å². The molecule has 1 unspecified atom stereocenters. The van der Waals surface area contributed by atoms with E-state index in [1.165, 1.54) is 7.11 Å². The van der Waals surface area contributed by atoms with E-state index in [9.17, 15) is 4.79 Å². The SMILES string of the molecule is CCC(C)OCC(C)(C)C(=O)OC. The largest absolute Gasteiger partial charge is 0.469 e. The lowest BCUT2D eigenvalue weighted by Crippen LogP contribution is -2.32. The quantitative estimate of drug-likeness (QED) is 0.619. The smallest absolute Gasteiger partial charge is 0.313 e. The van der Waals surface area contributed by atoms with Gasteiger partial charge in [-0.2, -0.15) is 0 Å². The molecule has 0 saturated carbocycles. The Hall–Kier alpha value is -0.570. The zero-order valence-electron chi connectivity index (χ0n) is 9.22. The summed E-state index contributed by atoms with van der Waals surface area (Å²) in [4.78, 5) is 11.2. The molecule has 13 heavy (non-hydrogen) atoms. The number of hydrogen-bond donors (Lipinski definition) is 0. The first-order chi connectivity index (χ1) is 5.94. The third-order valence-electron chi connectivity index (χ3n) is 2.04. The van der Waals surface area contributed by atoms with Gasteiger partial charge in [-0.25, -0.2) is 0 Å². The van der Waals surface area contributed by atoms with Gasteiger partial charge in [0.05, 0.1) is 25.2 Å². The average molecular weight is 188 g/mol. The van der Waals surface area contributed by atoms with Gasteiger partial charge in [0.25, 0.3) is 0 Å². The van der Waals surface area contributed by atoms with Gasteiger partial charge in [0.2, 0.25) is 0 Å². The van der Waals surface area contributed by atoms with E-state index in [1.54, 1.807) is 0 Å². The summed E-state index contributed by atoms with van der Waals surface area (Å²) in [5.74, 6) is -0.226. The summed E-state index contributed by atoms with van der Waals surface area (Å²) in [7, 11) is 1.40. The van der Waals surface area contributed by atoms with E-state index in [0.717, 1.165) is 6.42 Å². The molecule has 0 N–H and O–H groups in total. The highest BCUT2D eigenvalue weighted by atomic mass is 16.5. The average Bonchev–Trinajstić information content (AvgIpc) is 2.12. The highest BCUT2D eigenvalue weighted by Gasteiger charge is 2.29. The lowest BCUT2D eigenvalue weighted by Gasteiger charge is -2.23. The summed E-state index contributed by atoms with van der Waals surface area (Å²) in [5.41, 5.74) is -0.543. The summed E-state index contributed by atoms with van der Waals surface area (Å²) in [5, 5.41) is 0. The molecule has 0 aromatic heterocycles. The van der Waals surface area contributed by atoms with Gasteiger partial charge < -0.3 is 9.47 Å². The molecule has 0 spiro atoms. The fourth-order valence-electron chi connectivity index (χ4n) is 0.804. The standard InChI is InChI=1S/C10H20O3/c1-6-8(2)13-7-10(3,4)9(11)12-5/h8H,6-7H2,1-5H3. The van der Waals surface area contributed by atoms with Gasteiger partial charge in [-0.05, 0) is 27.2 Å². The first kappa shape index (κ1) is 12.4. The second-order valence-corrected chi connectivity index (χ2v) is 3.91. The maximum atomic E-state index is 11.2. The van der Waals surface area contributed by atoms with E-state index < -0.39 is 5.41 Å². The van der Waals surface area contributed by atoms with E-state index in [-0.39, 0.29) is 12.1 Å². The molecule has 0 heterocycles. The lowest BCUT2D eigenvalue weighted by molar-refractivity contribution is -0.155. The molecule has 0 aliphatic rings. The molecule has 0 aromatic carbocycles. The zero-order chi connectivity index (χ0) is 10.5. The van der Waals surface area contributed by atoms with Crippen molar-refractivity contribution in [3.05, 3.63) is 0 Å². The van der Waals surface area contributed by atoms with Gasteiger partial charge in [-0.15, -0.1) is 0 Å². The van der Waals surface area contributed by atoms with Gasteiger partial charge in [-0.3, -0.25) is 4.79 Å². The number of carbonyl (C=O) groups excluding carboxylic acids is 1. The Balaban J connectivity index is 3.95. The Labute approximate surface area is 80.4 Å². The molecule has 3 nitrogen and oxygen atoms in total.